The van der Waals surface area contributed by atoms with Crippen LogP contribution in [0.15, 0.2) is 72.3 Å². The Hall–Kier alpha value is -0.630. The normalized spacial score (nSPS) is 14.1. The average molecular weight is 494 g/mol. The second-order valence-electron chi connectivity index (χ2n) is 5.39. The predicted molar refractivity (Wildman–Crippen MR) is 80.2 cm³/mol. The smallest absolute Gasteiger partial charge is 1.00 e. The van der Waals surface area contributed by atoms with Crippen LogP contribution in [0, 0.1) is 0 Å². The molecule has 4 rings (SSSR count). The largest absolute Gasteiger partial charge is 2.00 e. The van der Waals surface area contributed by atoms with E-state index in [1.54, 1.807) is 5.57 Å². The molecule has 0 bridgehead atoms. The van der Waals surface area contributed by atoms with Crippen molar-refractivity contribution >= 4 is 0 Å². The van der Waals surface area contributed by atoms with E-state index < -0.39 is 0 Å². The fourth-order valence-electron chi connectivity index (χ4n) is 3.38. The van der Waals surface area contributed by atoms with Crippen molar-refractivity contribution in [1.29, 1.82) is 0 Å². The zero-order valence-electron chi connectivity index (χ0n) is 12.1. The Balaban J connectivity index is 0.000000807. The number of halogens is 2. The zero-order valence-corrected chi connectivity index (χ0v) is 17.2. The van der Waals surface area contributed by atoms with Crippen LogP contribution in [-0.2, 0) is 25.8 Å². The molecule has 0 N–H and O–H groups in total. The van der Waals surface area contributed by atoms with Gasteiger partial charge in [0.1, 0.15) is 0 Å². The molecular formula is C19H16Cl2Hf. The van der Waals surface area contributed by atoms with Gasteiger partial charge in [-0.25, -0.2) is 0 Å². The van der Waals surface area contributed by atoms with Gasteiger partial charge in [0.15, 0.2) is 0 Å². The molecule has 0 saturated heterocycles. The molecule has 0 spiro atoms. The first kappa shape index (κ1) is 19.4. The molecule has 22 heavy (non-hydrogen) atoms. The molecule has 2 aliphatic rings. The SMILES string of the molecule is C1=CCC(CC2c3ccccc3-c3ccccc32)=C1.[Cl-].[Cl-].[Hf+2]. The van der Waals surface area contributed by atoms with Gasteiger partial charge in [-0.1, -0.05) is 72.3 Å². The maximum atomic E-state index is 2.29. The van der Waals surface area contributed by atoms with Crippen LogP contribution in [0.25, 0.3) is 11.1 Å². The average Bonchev–Trinajstić information content (AvgIpc) is 3.08. The molecule has 0 amide bonds. The van der Waals surface area contributed by atoms with E-state index in [1.165, 1.54) is 22.3 Å². The fraction of sp³-hybridized carbons (Fsp3) is 0.158. The molecule has 2 aromatic rings. The number of hydrogen-bond acceptors (Lipinski definition) is 0. The summed E-state index contributed by atoms with van der Waals surface area (Å²) in [5.74, 6) is 0.540. The van der Waals surface area contributed by atoms with Gasteiger partial charge in [0, 0.05) is 5.92 Å². The van der Waals surface area contributed by atoms with Crippen LogP contribution < -0.4 is 24.8 Å². The van der Waals surface area contributed by atoms with E-state index in [0.717, 1.165) is 12.8 Å². The zero-order chi connectivity index (χ0) is 12.7. The van der Waals surface area contributed by atoms with E-state index in [2.05, 4.69) is 66.8 Å². The molecule has 0 nitrogen and oxygen atoms in total. The van der Waals surface area contributed by atoms with Gasteiger partial charge in [-0.2, -0.15) is 0 Å². The fourth-order valence-corrected chi connectivity index (χ4v) is 3.38. The second-order valence-corrected chi connectivity index (χ2v) is 5.39. The van der Waals surface area contributed by atoms with E-state index in [1.807, 2.05) is 0 Å². The molecule has 0 radical (unpaired) electrons. The van der Waals surface area contributed by atoms with E-state index in [4.69, 9.17) is 0 Å². The molecular weight excluding hydrogens is 478 g/mol. The number of hydrogen-bond donors (Lipinski definition) is 0. The summed E-state index contributed by atoms with van der Waals surface area (Å²) in [6, 6.07) is 17.7. The molecule has 0 aliphatic heterocycles. The summed E-state index contributed by atoms with van der Waals surface area (Å²) in [5, 5.41) is 0. The standard InChI is InChI=1S/C19H16.2ClH.Hf/c1-2-8-14(7-1)13-19-17-11-5-3-9-15(17)16-10-4-6-12-18(16)19;;;/h1-7,9-12,19H,8,13H2;2*1H;/q;;;+2/p-2. The minimum absolute atomic E-state index is 0. The summed E-state index contributed by atoms with van der Waals surface area (Å²) in [7, 11) is 0. The van der Waals surface area contributed by atoms with E-state index in [9.17, 15) is 0 Å². The van der Waals surface area contributed by atoms with Crippen molar-refractivity contribution in [3.05, 3.63) is 83.5 Å². The Kier molecular flexibility index (Phi) is 7.31. The van der Waals surface area contributed by atoms with Gasteiger partial charge in [0.25, 0.3) is 0 Å². The van der Waals surface area contributed by atoms with Crippen LogP contribution >= 0.6 is 0 Å². The Morgan fingerprint density at radius 1 is 0.818 bits per heavy atom. The van der Waals surface area contributed by atoms with Gasteiger partial charge >= 0.3 is 25.8 Å². The summed E-state index contributed by atoms with van der Waals surface area (Å²) in [6.07, 6.45) is 9.00. The minimum Gasteiger partial charge on any atom is -1.00 e. The van der Waals surface area contributed by atoms with E-state index >= 15 is 0 Å². The minimum atomic E-state index is 0. The van der Waals surface area contributed by atoms with Gasteiger partial charge in [-0.3, -0.25) is 0 Å². The molecule has 110 valence electrons. The third-order valence-corrected chi connectivity index (χ3v) is 4.28. The van der Waals surface area contributed by atoms with Gasteiger partial charge in [0.05, 0.1) is 0 Å². The van der Waals surface area contributed by atoms with E-state index in [-0.39, 0.29) is 50.7 Å². The number of benzene rings is 2. The molecule has 0 atom stereocenters. The van der Waals surface area contributed by atoms with Crippen LogP contribution in [0.1, 0.15) is 29.9 Å². The molecule has 0 saturated carbocycles. The monoisotopic (exact) mass is 494 g/mol. The van der Waals surface area contributed by atoms with Gasteiger partial charge < -0.3 is 24.8 Å². The Labute approximate surface area is 163 Å². The van der Waals surface area contributed by atoms with Crippen LogP contribution in [-0.4, -0.2) is 0 Å². The maximum Gasteiger partial charge on any atom is 2.00 e. The quantitative estimate of drug-likeness (QED) is 0.475. The van der Waals surface area contributed by atoms with Gasteiger partial charge in [-0.15, -0.1) is 0 Å². The number of allylic oxidation sites excluding steroid dienone is 4. The summed E-state index contributed by atoms with van der Waals surface area (Å²) in [4.78, 5) is 0. The molecule has 2 aliphatic carbocycles. The molecule has 0 aromatic heterocycles. The number of rotatable bonds is 2. The summed E-state index contributed by atoms with van der Waals surface area (Å²) >= 11 is 0. The molecule has 2 aromatic carbocycles. The van der Waals surface area contributed by atoms with Crippen molar-refractivity contribution in [2.24, 2.45) is 0 Å². The molecule has 0 heterocycles. The van der Waals surface area contributed by atoms with Crippen molar-refractivity contribution in [2.45, 2.75) is 18.8 Å². The first-order valence-electron chi connectivity index (χ1n) is 6.96. The van der Waals surface area contributed by atoms with Gasteiger partial charge in [0.2, 0.25) is 0 Å². The van der Waals surface area contributed by atoms with Crippen LogP contribution in [0.2, 0.25) is 0 Å². The summed E-state index contributed by atoms with van der Waals surface area (Å²) in [6.45, 7) is 0. The van der Waals surface area contributed by atoms with Crippen molar-refractivity contribution in [3.63, 3.8) is 0 Å². The predicted octanol–water partition coefficient (Wildman–Crippen LogP) is -0.919. The molecule has 3 heteroatoms. The van der Waals surface area contributed by atoms with Crippen molar-refractivity contribution in [3.8, 4) is 11.1 Å². The Bertz CT molecular complexity index is 659. The number of fused-ring (bicyclic) bond motifs is 3. The molecule has 0 unspecified atom stereocenters. The van der Waals surface area contributed by atoms with E-state index in [0.29, 0.717) is 5.92 Å². The first-order chi connectivity index (χ1) is 9.43. The third-order valence-electron chi connectivity index (χ3n) is 4.28. The first-order valence-corrected chi connectivity index (χ1v) is 6.96. The Morgan fingerprint density at radius 3 is 1.86 bits per heavy atom. The van der Waals surface area contributed by atoms with Gasteiger partial charge in [-0.05, 0) is 35.1 Å². The van der Waals surface area contributed by atoms with Crippen LogP contribution in [0.3, 0.4) is 0 Å². The maximum absolute atomic E-state index is 2.29. The van der Waals surface area contributed by atoms with Crippen molar-refractivity contribution in [2.75, 3.05) is 0 Å². The van der Waals surface area contributed by atoms with Crippen molar-refractivity contribution in [1.82, 2.24) is 0 Å². The van der Waals surface area contributed by atoms with Crippen molar-refractivity contribution < 1.29 is 50.7 Å². The Morgan fingerprint density at radius 2 is 1.36 bits per heavy atom. The topological polar surface area (TPSA) is 0 Å². The summed E-state index contributed by atoms with van der Waals surface area (Å²) < 4.78 is 0. The third kappa shape index (κ3) is 3.32. The summed E-state index contributed by atoms with van der Waals surface area (Å²) in [5.41, 5.74) is 7.40. The molecule has 0 fully saturated rings. The second kappa shape index (κ2) is 8.29. The van der Waals surface area contributed by atoms with Crippen LogP contribution in [0.4, 0.5) is 0 Å². The van der Waals surface area contributed by atoms with Crippen LogP contribution in [0.5, 0.6) is 0 Å².